The predicted octanol–water partition coefficient (Wildman–Crippen LogP) is 6.35. The van der Waals surface area contributed by atoms with E-state index in [0.717, 1.165) is 74.3 Å². The van der Waals surface area contributed by atoms with Gasteiger partial charge in [-0.25, -0.2) is 0 Å². The van der Waals surface area contributed by atoms with Crippen molar-refractivity contribution in [3.8, 4) is 17.6 Å². The summed E-state index contributed by atoms with van der Waals surface area (Å²) in [7, 11) is 4.13. The molecule has 0 amide bonds. The molecule has 1 fully saturated rings. The van der Waals surface area contributed by atoms with Gasteiger partial charge in [-0.1, -0.05) is 53.8 Å². The number of aryl methyl sites for hydroxylation is 1. The maximum atomic E-state index is 12.6. The van der Waals surface area contributed by atoms with Crippen molar-refractivity contribution >= 4 is 5.78 Å². The molecule has 4 nitrogen and oxygen atoms in total. The third-order valence-corrected chi connectivity index (χ3v) is 6.99. The highest BCUT2D eigenvalue weighted by Crippen LogP contribution is 2.22. The first kappa shape index (κ1) is 27.6. The largest absolute Gasteiger partial charge is 0.490 e. The van der Waals surface area contributed by atoms with Gasteiger partial charge in [-0.3, -0.25) is 9.69 Å². The molecule has 0 spiro atoms. The molecule has 0 aromatic heterocycles. The number of hydrogen-bond acceptors (Lipinski definition) is 4. The molecule has 38 heavy (non-hydrogen) atoms. The fourth-order valence-corrected chi connectivity index (χ4v) is 4.77. The number of rotatable bonds is 10. The molecule has 0 aliphatic carbocycles. The van der Waals surface area contributed by atoms with E-state index in [9.17, 15) is 4.79 Å². The van der Waals surface area contributed by atoms with Crippen LogP contribution in [0.1, 0.15) is 64.7 Å². The molecular formula is C34H40N2O2. The molecule has 0 N–H and O–H groups in total. The van der Waals surface area contributed by atoms with E-state index in [2.05, 4.69) is 91.2 Å². The zero-order chi connectivity index (χ0) is 26.7. The van der Waals surface area contributed by atoms with Crippen molar-refractivity contribution in [3.05, 3.63) is 101 Å². The molecule has 0 saturated carbocycles. The topological polar surface area (TPSA) is 32.8 Å². The molecule has 3 aromatic carbocycles. The second-order valence-corrected chi connectivity index (χ2v) is 10.6. The van der Waals surface area contributed by atoms with Gasteiger partial charge in [0.15, 0.2) is 5.78 Å². The lowest BCUT2D eigenvalue weighted by Crippen LogP contribution is -2.37. The minimum absolute atomic E-state index is 0.184. The summed E-state index contributed by atoms with van der Waals surface area (Å²) in [5.74, 6) is 7.59. The van der Waals surface area contributed by atoms with Crippen molar-refractivity contribution in [2.75, 3.05) is 33.7 Å². The van der Waals surface area contributed by atoms with Gasteiger partial charge in [0.2, 0.25) is 0 Å². The van der Waals surface area contributed by atoms with E-state index >= 15 is 0 Å². The Morgan fingerprint density at radius 3 is 2.42 bits per heavy atom. The van der Waals surface area contributed by atoms with Crippen molar-refractivity contribution in [2.45, 2.75) is 51.7 Å². The zero-order valence-corrected chi connectivity index (χ0v) is 23.1. The Kier molecular flexibility index (Phi) is 10.1. The van der Waals surface area contributed by atoms with Crippen LogP contribution in [0.3, 0.4) is 0 Å². The van der Waals surface area contributed by atoms with E-state index in [1.807, 2.05) is 24.3 Å². The first-order chi connectivity index (χ1) is 18.4. The molecule has 0 unspecified atom stereocenters. The zero-order valence-electron chi connectivity index (χ0n) is 23.1. The molecule has 0 bridgehead atoms. The highest BCUT2D eigenvalue weighted by atomic mass is 16.5. The van der Waals surface area contributed by atoms with E-state index < -0.39 is 0 Å². The molecule has 1 aliphatic heterocycles. The average Bonchev–Trinajstić information content (AvgIpc) is 2.92. The maximum absolute atomic E-state index is 12.6. The molecule has 0 radical (unpaired) electrons. The van der Waals surface area contributed by atoms with Gasteiger partial charge in [0.1, 0.15) is 11.9 Å². The normalized spacial score (nSPS) is 14.2. The van der Waals surface area contributed by atoms with Crippen LogP contribution in [0.15, 0.2) is 72.8 Å². The summed E-state index contributed by atoms with van der Waals surface area (Å²) in [5, 5.41) is 0. The number of carbonyl (C=O) groups excluding carboxylic acids is 1. The number of carbonyl (C=O) groups is 1. The van der Waals surface area contributed by atoms with E-state index in [0.29, 0.717) is 6.42 Å². The third-order valence-electron chi connectivity index (χ3n) is 6.99. The summed E-state index contributed by atoms with van der Waals surface area (Å²) >= 11 is 0. The molecule has 1 aliphatic rings. The summed E-state index contributed by atoms with van der Waals surface area (Å²) in [5.41, 5.74) is 5.38. The Bertz CT molecular complexity index is 1250. The molecule has 0 atom stereocenters. The van der Waals surface area contributed by atoms with E-state index in [4.69, 9.17) is 4.74 Å². The number of ether oxygens (including phenoxy) is 1. The highest BCUT2D eigenvalue weighted by molar-refractivity contribution is 5.96. The van der Waals surface area contributed by atoms with Crippen LogP contribution in [0.2, 0.25) is 0 Å². The van der Waals surface area contributed by atoms with Crippen molar-refractivity contribution < 1.29 is 9.53 Å². The quantitative estimate of drug-likeness (QED) is 0.181. The Hall–Kier alpha value is -3.39. The number of unbranched alkanes of at least 4 members (excludes halogenated alkanes) is 1. The fourth-order valence-electron chi connectivity index (χ4n) is 4.77. The Morgan fingerprint density at radius 2 is 1.66 bits per heavy atom. The molecule has 4 rings (SSSR count). The van der Waals surface area contributed by atoms with Gasteiger partial charge < -0.3 is 9.64 Å². The molecular weight excluding hydrogens is 468 g/mol. The highest BCUT2D eigenvalue weighted by Gasteiger charge is 2.21. The summed E-state index contributed by atoms with van der Waals surface area (Å²) in [6, 6.07) is 24.6. The second-order valence-electron chi connectivity index (χ2n) is 10.6. The Morgan fingerprint density at radius 1 is 0.921 bits per heavy atom. The molecule has 198 valence electrons. The van der Waals surface area contributed by atoms with Gasteiger partial charge in [-0.05, 0) is 95.2 Å². The van der Waals surface area contributed by atoms with Gasteiger partial charge in [-0.15, -0.1) is 0 Å². The summed E-state index contributed by atoms with van der Waals surface area (Å²) in [4.78, 5) is 17.3. The molecule has 1 heterocycles. The van der Waals surface area contributed by atoms with Gasteiger partial charge in [0.25, 0.3) is 0 Å². The number of piperidine rings is 1. The average molecular weight is 509 g/mol. The van der Waals surface area contributed by atoms with Crippen LogP contribution in [0.25, 0.3) is 0 Å². The lowest BCUT2D eigenvalue weighted by molar-refractivity contribution is 0.0950. The van der Waals surface area contributed by atoms with Gasteiger partial charge in [-0.2, -0.15) is 0 Å². The van der Waals surface area contributed by atoms with Crippen molar-refractivity contribution in [3.63, 3.8) is 0 Å². The third kappa shape index (κ3) is 8.87. The Balaban J connectivity index is 1.24. The van der Waals surface area contributed by atoms with E-state index in [1.165, 1.54) is 11.1 Å². The number of benzene rings is 3. The second kappa shape index (κ2) is 14.0. The van der Waals surface area contributed by atoms with Crippen LogP contribution >= 0.6 is 0 Å². The molecule has 1 saturated heterocycles. The van der Waals surface area contributed by atoms with Crippen LogP contribution in [0.4, 0.5) is 0 Å². The number of likely N-dealkylation sites (tertiary alicyclic amines) is 1. The van der Waals surface area contributed by atoms with E-state index in [-0.39, 0.29) is 11.9 Å². The minimum atomic E-state index is 0.184. The lowest BCUT2D eigenvalue weighted by atomic mass is 10.0. The van der Waals surface area contributed by atoms with E-state index in [1.54, 1.807) is 0 Å². The van der Waals surface area contributed by atoms with Gasteiger partial charge in [0, 0.05) is 42.7 Å². The standard InChI is InChI=1S/C34H40N2O2/c1-27-13-15-28(16-14-27)17-18-29-8-6-9-30(24-29)26-36-22-19-32(20-23-36)38-33-11-7-10-31(25-33)34(37)12-4-5-21-35(2)3/h6-11,13-16,24-25,32H,4-5,12,19-23,26H2,1-3H3. The summed E-state index contributed by atoms with van der Waals surface area (Å²) in [6.45, 7) is 6.02. The van der Waals surface area contributed by atoms with Crippen LogP contribution < -0.4 is 4.74 Å². The van der Waals surface area contributed by atoms with Gasteiger partial charge in [0.05, 0.1) is 0 Å². The van der Waals surface area contributed by atoms with Crippen LogP contribution in [-0.2, 0) is 6.54 Å². The number of ketones is 1. The van der Waals surface area contributed by atoms with Crippen molar-refractivity contribution in [2.24, 2.45) is 0 Å². The number of hydrogen-bond donors (Lipinski definition) is 0. The predicted molar refractivity (Wildman–Crippen MR) is 156 cm³/mol. The maximum Gasteiger partial charge on any atom is 0.163 e. The number of nitrogens with zero attached hydrogens (tertiary/aromatic N) is 2. The lowest BCUT2D eigenvalue weighted by Gasteiger charge is -2.32. The van der Waals surface area contributed by atoms with Crippen molar-refractivity contribution in [1.29, 1.82) is 0 Å². The van der Waals surface area contributed by atoms with Crippen LogP contribution in [-0.4, -0.2) is 55.4 Å². The van der Waals surface area contributed by atoms with Gasteiger partial charge >= 0.3 is 0 Å². The van der Waals surface area contributed by atoms with Crippen LogP contribution in [0, 0.1) is 18.8 Å². The van der Waals surface area contributed by atoms with Crippen molar-refractivity contribution in [1.82, 2.24) is 9.80 Å². The smallest absolute Gasteiger partial charge is 0.163 e. The molecule has 3 aromatic rings. The summed E-state index contributed by atoms with van der Waals surface area (Å²) < 4.78 is 6.30. The first-order valence-corrected chi connectivity index (χ1v) is 13.8. The summed E-state index contributed by atoms with van der Waals surface area (Å²) in [6.07, 6.45) is 4.70. The first-order valence-electron chi connectivity index (χ1n) is 13.8. The SMILES string of the molecule is Cc1ccc(C#Cc2cccc(CN3CCC(Oc4cccc(C(=O)CCCCN(C)C)c4)CC3)c2)cc1. The number of Topliss-reactive ketones (excluding diaryl/α,β-unsaturated/α-hetero) is 1. The fraction of sp³-hybridized carbons (Fsp3) is 0.382. The molecule has 4 heteroatoms. The Labute approximate surface area is 228 Å². The monoisotopic (exact) mass is 508 g/mol. The van der Waals surface area contributed by atoms with Crippen LogP contribution in [0.5, 0.6) is 5.75 Å². The minimum Gasteiger partial charge on any atom is -0.490 e.